The Kier molecular flexibility index (Phi) is 4.07. The fraction of sp³-hybridized carbons (Fsp3) is 0.625. The monoisotopic (exact) mass is 337 g/mol. The smallest absolute Gasteiger partial charge is 0.0378 e. The zero-order valence-electron chi connectivity index (χ0n) is 12.4. The van der Waals surface area contributed by atoms with Gasteiger partial charge in [0.15, 0.2) is 0 Å². The third-order valence-corrected chi connectivity index (χ3v) is 5.06. The Morgan fingerprint density at radius 2 is 1.95 bits per heavy atom. The van der Waals surface area contributed by atoms with Crippen LogP contribution >= 0.6 is 15.9 Å². The standard InChI is InChI=1S/C16H24BrN3/c1-16(2)11-15(12-18-16)20-8-6-19(7-9-20)14-5-3-4-13(17)10-14/h3-5,10,15,18H,6-9,11-12H2,1-2H3. The number of hydrogen-bond donors (Lipinski definition) is 1. The van der Waals surface area contributed by atoms with Crippen LogP contribution in [0, 0.1) is 0 Å². The quantitative estimate of drug-likeness (QED) is 0.895. The van der Waals surface area contributed by atoms with E-state index in [1.54, 1.807) is 0 Å². The second-order valence-electron chi connectivity index (χ2n) is 6.63. The molecule has 2 aliphatic heterocycles. The largest absolute Gasteiger partial charge is 0.369 e. The molecule has 1 aromatic carbocycles. The van der Waals surface area contributed by atoms with Crippen LogP contribution in [0.5, 0.6) is 0 Å². The second-order valence-corrected chi connectivity index (χ2v) is 7.54. The zero-order valence-corrected chi connectivity index (χ0v) is 14.0. The number of anilines is 1. The maximum absolute atomic E-state index is 3.63. The fourth-order valence-corrected chi connectivity index (χ4v) is 3.79. The lowest BCUT2D eigenvalue weighted by Crippen LogP contribution is -2.51. The molecule has 1 atom stereocenters. The summed E-state index contributed by atoms with van der Waals surface area (Å²) in [6, 6.07) is 9.35. The van der Waals surface area contributed by atoms with E-state index in [-0.39, 0.29) is 0 Å². The third-order valence-electron chi connectivity index (χ3n) is 4.57. The molecule has 0 radical (unpaired) electrons. The van der Waals surface area contributed by atoms with Crippen molar-refractivity contribution in [2.24, 2.45) is 0 Å². The van der Waals surface area contributed by atoms with Gasteiger partial charge in [0.05, 0.1) is 0 Å². The Balaban J connectivity index is 1.57. The van der Waals surface area contributed by atoms with Crippen LogP contribution in [0.3, 0.4) is 0 Å². The summed E-state index contributed by atoms with van der Waals surface area (Å²) in [5.41, 5.74) is 1.65. The average molecular weight is 338 g/mol. The van der Waals surface area contributed by atoms with Crippen molar-refractivity contribution in [3.63, 3.8) is 0 Å². The highest BCUT2D eigenvalue weighted by Crippen LogP contribution is 2.25. The van der Waals surface area contributed by atoms with E-state index in [2.05, 4.69) is 69.2 Å². The van der Waals surface area contributed by atoms with Crippen LogP contribution in [0.25, 0.3) is 0 Å². The van der Waals surface area contributed by atoms with Gasteiger partial charge in [-0.1, -0.05) is 22.0 Å². The first kappa shape index (κ1) is 14.4. The molecule has 110 valence electrons. The number of benzene rings is 1. The Morgan fingerprint density at radius 3 is 2.55 bits per heavy atom. The van der Waals surface area contributed by atoms with Gasteiger partial charge in [0.25, 0.3) is 0 Å². The van der Waals surface area contributed by atoms with E-state index >= 15 is 0 Å². The van der Waals surface area contributed by atoms with Gasteiger partial charge < -0.3 is 10.2 Å². The maximum atomic E-state index is 3.63. The number of hydrogen-bond acceptors (Lipinski definition) is 3. The van der Waals surface area contributed by atoms with Gasteiger partial charge in [-0.2, -0.15) is 0 Å². The van der Waals surface area contributed by atoms with Crippen LogP contribution < -0.4 is 10.2 Å². The maximum Gasteiger partial charge on any atom is 0.0378 e. The van der Waals surface area contributed by atoms with Crippen LogP contribution in [0.15, 0.2) is 28.7 Å². The van der Waals surface area contributed by atoms with Gasteiger partial charge in [-0.25, -0.2) is 0 Å². The molecule has 0 saturated carbocycles. The Bertz CT molecular complexity index is 467. The molecule has 0 aliphatic carbocycles. The molecule has 2 saturated heterocycles. The highest BCUT2D eigenvalue weighted by Gasteiger charge is 2.34. The van der Waals surface area contributed by atoms with Crippen LogP contribution in [-0.2, 0) is 0 Å². The molecule has 2 fully saturated rings. The minimum absolute atomic E-state index is 0.312. The SMILES string of the molecule is CC1(C)CC(N2CCN(c3cccc(Br)c3)CC2)CN1. The summed E-state index contributed by atoms with van der Waals surface area (Å²) >= 11 is 3.56. The zero-order chi connectivity index (χ0) is 14.2. The predicted octanol–water partition coefficient (Wildman–Crippen LogP) is 2.71. The van der Waals surface area contributed by atoms with Crippen molar-refractivity contribution in [1.82, 2.24) is 10.2 Å². The third kappa shape index (κ3) is 3.18. The van der Waals surface area contributed by atoms with Crippen molar-refractivity contribution in [3.8, 4) is 0 Å². The van der Waals surface area contributed by atoms with Crippen LogP contribution in [0.1, 0.15) is 20.3 Å². The molecule has 3 rings (SSSR count). The van der Waals surface area contributed by atoms with Crippen molar-refractivity contribution in [1.29, 1.82) is 0 Å². The van der Waals surface area contributed by atoms with Gasteiger partial charge in [-0.15, -0.1) is 0 Å². The number of rotatable bonds is 2. The van der Waals surface area contributed by atoms with Crippen molar-refractivity contribution in [2.45, 2.75) is 31.8 Å². The summed E-state index contributed by atoms with van der Waals surface area (Å²) in [5.74, 6) is 0. The minimum Gasteiger partial charge on any atom is -0.369 e. The normalized spacial score (nSPS) is 26.9. The highest BCUT2D eigenvalue weighted by atomic mass is 79.9. The first-order valence-electron chi connectivity index (χ1n) is 7.53. The molecule has 1 aromatic rings. The van der Waals surface area contributed by atoms with Crippen LogP contribution in [0.4, 0.5) is 5.69 Å². The van der Waals surface area contributed by atoms with E-state index < -0.39 is 0 Å². The highest BCUT2D eigenvalue weighted by molar-refractivity contribution is 9.10. The van der Waals surface area contributed by atoms with Gasteiger partial charge in [0.2, 0.25) is 0 Å². The van der Waals surface area contributed by atoms with Gasteiger partial charge in [0.1, 0.15) is 0 Å². The number of nitrogens with zero attached hydrogens (tertiary/aromatic N) is 2. The first-order valence-corrected chi connectivity index (χ1v) is 8.32. The van der Waals surface area contributed by atoms with Crippen LogP contribution in [0.2, 0.25) is 0 Å². The summed E-state index contributed by atoms with van der Waals surface area (Å²) < 4.78 is 1.17. The molecule has 0 amide bonds. The molecule has 1 unspecified atom stereocenters. The molecule has 1 N–H and O–H groups in total. The van der Waals surface area contributed by atoms with Crippen molar-refractivity contribution >= 4 is 21.6 Å². The molecule has 0 aromatic heterocycles. The van der Waals surface area contributed by atoms with Gasteiger partial charge in [-0.3, -0.25) is 4.90 Å². The van der Waals surface area contributed by atoms with Crippen molar-refractivity contribution in [2.75, 3.05) is 37.6 Å². The molecule has 4 heteroatoms. The van der Waals surface area contributed by atoms with E-state index in [1.807, 2.05) is 0 Å². The van der Waals surface area contributed by atoms with E-state index in [0.717, 1.165) is 25.7 Å². The number of nitrogens with one attached hydrogen (secondary N) is 1. The summed E-state index contributed by atoms with van der Waals surface area (Å²) in [4.78, 5) is 5.16. The summed E-state index contributed by atoms with van der Waals surface area (Å²) in [5, 5.41) is 3.63. The lowest BCUT2D eigenvalue weighted by molar-refractivity contribution is 0.191. The van der Waals surface area contributed by atoms with Gasteiger partial charge in [0, 0.05) is 54.5 Å². The summed E-state index contributed by atoms with van der Waals surface area (Å²) in [6.07, 6.45) is 1.27. The molecule has 3 nitrogen and oxygen atoms in total. The van der Waals surface area contributed by atoms with Crippen LogP contribution in [-0.4, -0.2) is 49.2 Å². The Labute approximate surface area is 130 Å². The summed E-state index contributed by atoms with van der Waals surface area (Å²) in [7, 11) is 0. The lowest BCUT2D eigenvalue weighted by atomic mass is 10.0. The molecular formula is C16H24BrN3. The fourth-order valence-electron chi connectivity index (χ4n) is 3.40. The molecule has 0 spiro atoms. The van der Waals surface area contributed by atoms with E-state index in [1.165, 1.54) is 29.7 Å². The molecule has 2 heterocycles. The van der Waals surface area contributed by atoms with Gasteiger partial charge in [-0.05, 0) is 38.5 Å². The van der Waals surface area contributed by atoms with E-state index in [0.29, 0.717) is 5.54 Å². The molecular weight excluding hydrogens is 314 g/mol. The molecule has 0 bridgehead atoms. The van der Waals surface area contributed by atoms with E-state index in [9.17, 15) is 0 Å². The minimum atomic E-state index is 0.312. The second kappa shape index (κ2) is 5.66. The van der Waals surface area contributed by atoms with E-state index in [4.69, 9.17) is 0 Å². The Hall–Kier alpha value is -0.580. The Morgan fingerprint density at radius 1 is 1.20 bits per heavy atom. The molecule has 2 aliphatic rings. The average Bonchev–Trinajstić information content (AvgIpc) is 2.79. The first-order chi connectivity index (χ1) is 9.53. The molecule has 20 heavy (non-hydrogen) atoms. The predicted molar refractivity (Wildman–Crippen MR) is 88.4 cm³/mol. The lowest BCUT2D eigenvalue weighted by Gasteiger charge is -2.39. The number of halogens is 1. The van der Waals surface area contributed by atoms with Gasteiger partial charge >= 0.3 is 0 Å². The number of piperazine rings is 1. The van der Waals surface area contributed by atoms with Crippen molar-refractivity contribution in [3.05, 3.63) is 28.7 Å². The topological polar surface area (TPSA) is 18.5 Å². The van der Waals surface area contributed by atoms with Crippen molar-refractivity contribution < 1.29 is 0 Å². The summed E-state index contributed by atoms with van der Waals surface area (Å²) in [6.45, 7) is 10.4.